The van der Waals surface area contributed by atoms with Crippen molar-refractivity contribution in [2.45, 2.75) is 31.3 Å². The van der Waals surface area contributed by atoms with Crippen LogP contribution in [0.4, 0.5) is 4.39 Å². The fourth-order valence-corrected chi connectivity index (χ4v) is 4.45. The summed E-state index contributed by atoms with van der Waals surface area (Å²) in [5.41, 5.74) is 3.99. The van der Waals surface area contributed by atoms with Gasteiger partial charge in [-0.15, -0.1) is 0 Å². The van der Waals surface area contributed by atoms with Crippen molar-refractivity contribution in [1.82, 2.24) is 10.6 Å². The molecule has 0 unspecified atom stereocenters. The fourth-order valence-electron chi connectivity index (χ4n) is 4.45. The average Bonchev–Trinajstić information content (AvgIpc) is 3.11. The zero-order valence-corrected chi connectivity index (χ0v) is 17.9. The summed E-state index contributed by atoms with van der Waals surface area (Å²) in [5, 5.41) is 15.3. The number of carboxylic acid groups (broad SMARTS) is 1. The smallest absolute Gasteiger partial charge is 0.327 e. The van der Waals surface area contributed by atoms with Crippen LogP contribution >= 0.6 is 0 Å². The zero-order chi connectivity index (χ0) is 23.5. The van der Waals surface area contributed by atoms with Crippen LogP contribution in [-0.4, -0.2) is 35.0 Å². The van der Waals surface area contributed by atoms with E-state index in [4.69, 9.17) is 0 Å². The number of halogens is 1. The van der Waals surface area contributed by atoms with E-state index < -0.39 is 41.6 Å². The van der Waals surface area contributed by atoms with Gasteiger partial charge in [0.15, 0.2) is 0 Å². The number of hydrogen-bond acceptors (Lipinski definition) is 3. The molecule has 0 saturated carbocycles. The first-order valence-electron chi connectivity index (χ1n) is 10.6. The Morgan fingerprint density at radius 2 is 1.52 bits per heavy atom. The largest absolute Gasteiger partial charge is 0.480 e. The lowest BCUT2D eigenvalue weighted by Gasteiger charge is -2.26. The van der Waals surface area contributed by atoms with Crippen LogP contribution in [0, 0.1) is 5.82 Å². The van der Waals surface area contributed by atoms with Crippen molar-refractivity contribution in [1.29, 1.82) is 0 Å². The molecule has 33 heavy (non-hydrogen) atoms. The number of carbonyl (C=O) groups excluding carboxylic acids is 2. The minimum absolute atomic E-state index is 0.0212. The minimum atomic E-state index is -1.26. The number of amides is 2. The lowest BCUT2D eigenvalue weighted by Crippen LogP contribution is -2.53. The van der Waals surface area contributed by atoms with Gasteiger partial charge in [-0.25, -0.2) is 9.18 Å². The molecule has 0 aromatic heterocycles. The first kappa shape index (κ1) is 22.2. The van der Waals surface area contributed by atoms with Crippen molar-refractivity contribution in [2.75, 3.05) is 0 Å². The van der Waals surface area contributed by atoms with Crippen molar-refractivity contribution in [3.8, 4) is 11.1 Å². The molecule has 3 aromatic rings. The maximum absolute atomic E-state index is 13.6. The van der Waals surface area contributed by atoms with Crippen LogP contribution in [0.15, 0.2) is 72.8 Å². The van der Waals surface area contributed by atoms with Gasteiger partial charge in [0, 0.05) is 19.3 Å². The highest BCUT2D eigenvalue weighted by molar-refractivity contribution is 5.92. The van der Waals surface area contributed by atoms with Gasteiger partial charge in [0.2, 0.25) is 11.8 Å². The monoisotopic (exact) mass is 446 g/mol. The predicted molar refractivity (Wildman–Crippen MR) is 121 cm³/mol. The van der Waals surface area contributed by atoms with Gasteiger partial charge >= 0.3 is 5.97 Å². The summed E-state index contributed by atoms with van der Waals surface area (Å²) < 4.78 is 13.6. The second-order valence-corrected chi connectivity index (χ2v) is 8.06. The van der Waals surface area contributed by atoms with E-state index in [0.717, 1.165) is 22.3 Å². The summed E-state index contributed by atoms with van der Waals surface area (Å²) in [5.74, 6) is -3.34. The molecular formula is C26H23FN2O4. The first-order valence-corrected chi connectivity index (χ1v) is 10.6. The fraction of sp³-hybridized carbons (Fsp3) is 0.192. The molecule has 0 radical (unpaired) electrons. The Labute approximate surface area is 190 Å². The molecule has 3 aromatic carbocycles. The molecule has 0 saturated heterocycles. The first-order chi connectivity index (χ1) is 15.8. The molecule has 2 amide bonds. The molecule has 2 atom stereocenters. The molecular weight excluding hydrogens is 423 g/mol. The Hall–Kier alpha value is -4.00. The molecule has 1 aliphatic rings. The Kier molecular flexibility index (Phi) is 6.22. The van der Waals surface area contributed by atoms with Gasteiger partial charge in [-0.3, -0.25) is 9.59 Å². The highest BCUT2D eigenvalue weighted by Gasteiger charge is 2.39. The lowest BCUT2D eigenvalue weighted by atomic mass is 9.89. The van der Waals surface area contributed by atoms with Crippen molar-refractivity contribution < 1.29 is 23.9 Å². The molecule has 3 N–H and O–H groups in total. The topological polar surface area (TPSA) is 95.5 Å². The quantitative estimate of drug-likeness (QED) is 0.519. The number of fused-ring (bicyclic) bond motifs is 3. The van der Waals surface area contributed by atoms with E-state index in [1.807, 2.05) is 48.5 Å². The maximum atomic E-state index is 13.6. The van der Waals surface area contributed by atoms with Crippen LogP contribution in [0.5, 0.6) is 0 Å². The summed E-state index contributed by atoms with van der Waals surface area (Å²) in [4.78, 5) is 37.3. The Morgan fingerprint density at radius 3 is 2.06 bits per heavy atom. The van der Waals surface area contributed by atoms with Crippen LogP contribution in [0.3, 0.4) is 0 Å². The molecule has 4 rings (SSSR count). The Bertz CT molecular complexity index is 1180. The summed E-state index contributed by atoms with van der Waals surface area (Å²) in [6.45, 7) is 1.27. The van der Waals surface area contributed by atoms with E-state index >= 15 is 0 Å². The van der Waals surface area contributed by atoms with Crippen molar-refractivity contribution in [2.24, 2.45) is 0 Å². The Balaban J connectivity index is 1.65. The van der Waals surface area contributed by atoms with E-state index in [1.165, 1.54) is 25.1 Å². The summed E-state index contributed by atoms with van der Waals surface area (Å²) >= 11 is 0. The predicted octanol–water partition coefficient (Wildman–Crippen LogP) is 3.25. The van der Waals surface area contributed by atoms with Gasteiger partial charge in [0.1, 0.15) is 17.9 Å². The normalized spacial score (nSPS) is 14.0. The average molecular weight is 446 g/mol. The number of benzene rings is 3. The third-order valence-electron chi connectivity index (χ3n) is 5.80. The number of aliphatic carboxylic acids is 1. The summed E-state index contributed by atoms with van der Waals surface area (Å²) in [6.07, 6.45) is 0.0212. The number of nitrogens with one attached hydrogen (secondary N) is 2. The van der Waals surface area contributed by atoms with E-state index in [2.05, 4.69) is 10.6 Å². The molecule has 6 nitrogen and oxygen atoms in total. The van der Waals surface area contributed by atoms with Crippen molar-refractivity contribution in [3.05, 3.63) is 95.3 Å². The summed E-state index contributed by atoms with van der Waals surface area (Å²) in [7, 11) is 0. The van der Waals surface area contributed by atoms with Crippen LogP contribution in [0.2, 0.25) is 0 Å². The van der Waals surface area contributed by atoms with E-state index in [1.54, 1.807) is 6.07 Å². The number of hydrogen-bond donors (Lipinski definition) is 3. The third kappa shape index (κ3) is 4.62. The van der Waals surface area contributed by atoms with Crippen LogP contribution in [-0.2, 0) is 20.8 Å². The highest BCUT2D eigenvalue weighted by atomic mass is 19.1. The van der Waals surface area contributed by atoms with Gasteiger partial charge in [-0.2, -0.15) is 0 Å². The molecule has 0 aliphatic heterocycles. The molecule has 0 heterocycles. The van der Waals surface area contributed by atoms with Crippen molar-refractivity contribution in [3.63, 3.8) is 0 Å². The number of rotatable bonds is 7. The van der Waals surface area contributed by atoms with Gasteiger partial charge < -0.3 is 15.7 Å². The number of carbonyl (C=O) groups is 3. The van der Waals surface area contributed by atoms with Gasteiger partial charge in [-0.05, 0) is 39.9 Å². The maximum Gasteiger partial charge on any atom is 0.327 e. The molecule has 168 valence electrons. The molecule has 7 heteroatoms. The third-order valence-corrected chi connectivity index (χ3v) is 5.80. The second kappa shape index (κ2) is 9.24. The SMILES string of the molecule is CC(=O)N[C@@H](Cc1cccc(F)c1)C(=O)N[C@@H](C(=O)O)C1c2ccccc2-c2ccccc21. The van der Waals surface area contributed by atoms with Crippen LogP contribution < -0.4 is 10.6 Å². The van der Waals surface area contributed by atoms with E-state index in [9.17, 15) is 23.9 Å². The van der Waals surface area contributed by atoms with Crippen molar-refractivity contribution >= 4 is 17.8 Å². The molecule has 0 spiro atoms. The number of carboxylic acids is 1. The minimum Gasteiger partial charge on any atom is -0.480 e. The molecule has 1 aliphatic carbocycles. The van der Waals surface area contributed by atoms with Crippen LogP contribution in [0.1, 0.15) is 29.5 Å². The van der Waals surface area contributed by atoms with E-state index in [0.29, 0.717) is 5.56 Å². The van der Waals surface area contributed by atoms with Crippen LogP contribution in [0.25, 0.3) is 11.1 Å². The second-order valence-electron chi connectivity index (χ2n) is 8.06. The zero-order valence-electron chi connectivity index (χ0n) is 17.9. The highest BCUT2D eigenvalue weighted by Crippen LogP contribution is 2.46. The standard InChI is InChI=1S/C26H23FN2O4/c1-15(30)28-22(14-16-7-6-8-17(27)13-16)25(31)29-24(26(32)33)23-20-11-4-2-9-18(20)19-10-3-5-12-21(19)23/h2-13,22-24H,14H2,1H3,(H,28,30)(H,29,31)(H,32,33)/t22-,24+/m0/s1. The van der Waals surface area contributed by atoms with Gasteiger partial charge in [0.05, 0.1) is 0 Å². The summed E-state index contributed by atoms with van der Waals surface area (Å²) in [6, 6.07) is 18.4. The molecule has 0 fully saturated rings. The van der Waals surface area contributed by atoms with E-state index in [-0.39, 0.29) is 6.42 Å². The van der Waals surface area contributed by atoms with Gasteiger partial charge in [0.25, 0.3) is 0 Å². The Morgan fingerprint density at radius 1 is 0.909 bits per heavy atom. The molecule has 0 bridgehead atoms. The lowest BCUT2D eigenvalue weighted by molar-refractivity contribution is -0.142. The van der Waals surface area contributed by atoms with Gasteiger partial charge in [-0.1, -0.05) is 60.7 Å².